The zero-order valence-electron chi connectivity index (χ0n) is 16.3. The maximum Gasteiger partial charge on any atom is 0.266 e. The van der Waals surface area contributed by atoms with Crippen LogP contribution >= 0.6 is 0 Å². The van der Waals surface area contributed by atoms with Gasteiger partial charge in [-0.15, -0.1) is 0 Å². The molecule has 0 saturated heterocycles. The Kier molecular flexibility index (Phi) is 5.58. The number of aromatic hydroxyl groups is 1. The molecule has 2 rings (SSSR count). The smallest absolute Gasteiger partial charge is 0.266 e. The van der Waals surface area contributed by atoms with Crippen LogP contribution in [0.1, 0.15) is 28.4 Å². The molecule has 0 radical (unpaired) electrons. The minimum atomic E-state index is -0.962. The number of carbonyl (C=O) groups excluding carboxylic acids is 4. The van der Waals surface area contributed by atoms with E-state index in [2.05, 4.69) is 0 Å². The third-order valence-corrected chi connectivity index (χ3v) is 4.71. The van der Waals surface area contributed by atoms with Gasteiger partial charge in [0.05, 0.1) is 0 Å². The number of nitrogens with two attached hydrogens (primary N) is 2. The highest BCUT2D eigenvalue weighted by molar-refractivity contribution is 6.27. The minimum Gasteiger partial charge on any atom is -0.494 e. The van der Waals surface area contributed by atoms with Crippen LogP contribution in [0.5, 0.6) is 5.88 Å². The lowest BCUT2D eigenvalue weighted by molar-refractivity contribution is -0.139. The standard InChI is InChI=1S/C19H20N4O6/c1-8-10(16(26)22(3)18(28)12(8)14(20)24)6-5-7-11-9(2)13(15(21)25)19(29)23(4)17(11)27/h5-7,28H,1-4H3,(H2,20,24)(H2,21,25). The molecule has 1 aliphatic heterocycles. The van der Waals surface area contributed by atoms with Crippen molar-refractivity contribution in [3.05, 3.63) is 55.9 Å². The summed E-state index contributed by atoms with van der Waals surface area (Å²) in [4.78, 5) is 60.8. The molecule has 1 aromatic rings. The van der Waals surface area contributed by atoms with Gasteiger partial charge in [0.1, 0.15) is 11.1 Å². The van der Waals surface area contributed by atoms with Crippen LogP contribution < -0.4 is 17.0 Å². The molecule has 0 atom stereocenters. The summed E-state index contributed by atoms with van der Waals surface area (Å²) in [6, 6.07) is 0. The van der Waals surface area contributed by atoms with Crippen LogP contribution in [0, 0.1) is 6.92 Å². The molecule has 1 aromatic heterocycles. The van der Waals surface area contributed by atoms with Crippen molar-refractivity contribution in [2.45, 2.75) is 13.8 Å². The predicted octanol–water partition coefficient (Wildman–Crippen LogP) is -0.762. The Bertz CT molecular complexity index is 1120. The van der Waals surface area contributed by atoms with Crippen molar-refractivity contribution in [2.75, 3.05) is 7.05 Å². The average molecular weight is 400 g/mol. The Morgan fingerprint density at radius 1 is 1.00 bits per heavy atom. The van der Waals surface area contributed by atoms with Crippen molar-refractivity contribution in [3.8, 4) is 5.88 Å². The molecule has 0 aromatic carbocycles. The van der Waals surface area contributed by atoms with Crippen molar-refractivity contribution in [1.82, 2.24) is 9.47 Å². The van der Waals surface area contributed by atoms with E-state index in [0.29, 0.717) is 0 Å². The van der Waals surface area contributed by atoms with Crippen LogP contribution in [-0.2, 0) is 21.4 Å². The van der Waals surface area contributed by atoms with Gasteiger partial charge in [-0.2, -0.15) is 0 Å². The molecule has 10 heteroatoms. The summed E-state index contributed by atoms with van der Waals surface area (Å²) in [6.07, 6.45) is 4.00. The SMILES string of the molecule is CC1=C(C(N)=O)C(=O)N(C)C(=O)C1=CC=Cc1c(C)c(C(N)=O)c(O)n(C)c1=O. The van der Waals surface area contributed by atoms with Crippen molar-refractivity contribution in [3.63, 3.8) is 0 Å². The van der Waals surface area contributed by atoms with E-state index in [1.165, 1.54) is 46.2 Å². The van der Waals surface area contributed by atoms with E-state index in [0.717, 1.165) is 9.47 Å². The summed E-state index contributed by atoms with van der Waals surface area (Å²) in [6.45, 7) is 2.86. The first kappa shape index (κ1) is 21.4. The second kappa shape index (κ2) is 7.58. The van der Waals surface area contributed by atoms with E-state index in [4.69, 9.17) is 11.5 Å². The van der Waals surface area contributed by atoms with E-state index in [-0.39, 0.29) is 33.4 Å². The van der Waals surface area contributed by atoms with Gasteiger partial charge in [0, 0.05) is 25.2 Å². The Morgan fingerprint density at radius 3 is 2.10 bits per heavy atom. The van der Waals surface area contributed by atoms with Crippen LogP contribution in [0.2, 0.25) is 0 Å². The normalized spacial score (nSPS) is 16.3. The van der Waals surface area contributed by atoms with Crippen molar-refractivity contribution >= 4 is 29.7 Å². The van der Waals surface area contributed by atoms with Crippen LogP contribution in [0.15, 0.2) is 33.7 Å². The maximum absolute atomic E-state index is 12.4. The molecule has 29 heavy (non-hydrogen) atoms. The number of likely N-dealkylation sites (N-methyl/N-ethyl adjacent to an activating group) is 1. The quantitative estimate of drug-likeness (QED) is 0.341. The van der Waals surface area contributed by atoms with Gasteiger partial charge < -0.3 is 16.6 Å². The topological polar surface area (TPSA) is 166 Å². The molecule has 10 nitrogen and oxygen atoms in total. The maximum atomic E-state index is 12.4. The molecule has 0 unspecified atom stereocenters. The summed E-state index contributed by atoms with van der Waals surface area (Å²) in [5, 5.41) is 9.98. The highest BCUT2D eigenvalue weighted by Gasteiger charge is 2.35. The molecule has 2 heterocycles. The van der Waals surface area contributed by atoms with Crippen LogP contribution in [-0.4, -0.2) is 45.2 Å². The van der Waals surface area contributed by atoms with Crippen molar-refractivity contribution < 1.29 is 24.3 Å². The Balaban J connectivity index is 2.64. The van der Waals surface area contributed by atoms with Crippen molar-refractivity contribution in [1.29, 1.82) is 0 Å². The number of carbonyl (C=O) groups is 4. The largest absolute Gasteiger partial charge is 0.494 e. The second-order valence-corrected chi connectivity index (χ2v) is 6.44. The number of allylic oxidation sites excluding steroid dienone is 2. The van der Waals surface area contributed by atoms with Gasteiger partial charge >= 0.3 is 0 Å². The predicted molar refractivity (Wildman–Crippen MR) is 103 cm³/mol. The monoisotopic (exact) mass is 400 g/mol. The first-order valence-corrected chi connectivity index (χ1v) is 8.35. The summed E-state index contributed by atoms with van der Waals surface area (Å²) in [5.74, 6) is -3.86. The number of hydrogen-bond acceptors (Lipinski definition) is 6. The van der Waals surface area contributed by atoms with Crippen LogP contribution in [0.4, 0.5) is 0 Å². The summed E-state index contributed by atoms with van der Waals surface area (Å²) < 4.78 is 0.870. The molecule has 0 bridgehead atoms. The van der Waals surface area contributed by atoms with Gasteiger partial charge in [0.25, 0.3) is 29.2 Å². The fourth-order valence-electron chi connectivity index (χ4n) is 3.02. The van der Waals surface area contributed by atoms with Gasteiger partial charge in [-0.1, -0.05) is 6.08 Å². The lowest BCUT2D eigenvalue weighted by Crippen LogP contribution is -2.43. The minimum absolute atomic E-state index is 0.0422. The zero-order valence-corrected chi connectivity index (χ0v) is 16.3. The summed E-state index contributed by atoms with van der Waals surface area (Å²) in [5.41, 5.74) is 9.81. The number of amides is 4. The third-order valence-electron chi connectivity index (χ3n) is 4.71. The fraction of sp³-hybridized carbons (Fsp3) is 0.211. The Hall–Kier alpha value is -3.95. The number of imide groups is 1. The molecule has 0 spiro atoms. The Labute approximate surface area is 165 Å². The zero-order chi connectivity index (χ0) is 22.2. The molecule has 152 valence electrons. The van der Waals surface area contributed by atoms with E-state index < -0.39 is 35.1 Å². The number of nitrogens with zero attached hydrogens (tertiary/aromatic N) is 2. The van der Waals surface area contributed by atoms with E-state index in [1.54, 1.807) is 0 Å². The number of pyridine rings is 1. The number of aromatic nitrogens is 1. The molecule has 0 saturated carbocycles. The third kappa shape index (κ3) is 3.47. The van der Waals surface area contributed by atoms with E-state index in [9.17, 15) is 29.1 Å². The molecule has 0 fully saturated rings. The summed E-state index contributed by atoms with van der Waals surface area (Å²) >= 11 is 0. The highest BCUT2D eigenvalue weighted by Crippen LogP contribution is 2.25. The number of hydrogen-bond donors (Lipinski definition) is 3. The van der Waals surface area contributed by atoms with Gasteiger partial charge in [-0.3, -0.25) is 33.4 Å². The molecular weight excluding hydrogens is 380 g/mol. The average Bonchev–Trinajstić information content (AvgIpc) is 2.63. The van der Waals surface area contributed by atoms with Crippen LogP contribution in [0.25, 0.3) is 6.08 Å². The highest BCUT2D eigenvalue weighted by atomic mass is 16.3. The summed E-state index contributed by atoms with van der Waals surface area (Å²) in [7, 11) is 2.49. The van der Waals surface area contributed by atoms with Gasteiger partial charge in [-0.05, 0) is 37.1 Å². The number of primary amides is 2. The van der Waals surface area contributed by atoms with E-state index in [1.807, 2.05) is 0 Å². The second-order valence-electron chi connectivity index (χ2n) is 6.44. The van der Waals surface area contributed by atoms with Crippen LogP contribution in [0.3, 0.4) is 0 Å². The molecular formula is C19H20N4O6. The van der Waals surface area contributed by atoms with Gasteiger partial charge in [0.2, 0.25) is 5.88 Å². The Morgan fingerprint density at radius 2 is 1.59 bits per heavy atom. The molecule has 5 N–H and O–H groups in total. The van der Waals surface area contributed by atoms with E-state index >= 15 is 0 Å². The molecule has 4 amide bonds. The first-order chi connectivity index (χ1) is 13.4. The fourth-order valence-corrected chi connectivity index (χ4v) is 3.02. The first-order valence-electron chi connectivity index (χ1n) is 8.35. The van der Waals surface area contributed by atoms with Gasteiger partial charge in [-0.25, -0.2) is 0 Å². The number of rotatable bonds is 4. The molecule has 1 aliphatic rings. The lowest BCUT2D eigenvalue weighted by Gasteiger charge is -2.24. The van der Waals surface area contributed by atoms with Gasteiger partial charge in [0.15, 0.2) is 0 Å². The lowest BCUT2D eigenvalue weighted by atomic mass is 9.94. The van der Waals surface area contributed by atoms with Crippen molar-refractivity contribution in [2.24, 2.45) is 18.5 Å². The molecule has 0 aliphatic carbocycles.